The number of nitrogens with zero attached hydrogens (tertiary/aromatic N) is 1. The summed E-state index contributed by atoms with van der Waals surface area (Å²) >= 11 is 0. The Kier molecular flexibility index (Phi) is 4.03. The summed E-state index contributed by atoms with van der Waals surface area (Å²) in [5.41, 5.74) is 0.855. The minimum atomic E-state index is -0.393. The molecule has 0 saturated heterocycles. The van der Waals surface area contributed by atoms with Crippen LogP contribution < -0.4 is 0 Å². The van der Waals surface area contributed by atoms with Gasteiger partial charge in [0.05, 0.1) is 6.42 Å². The summed E-state index contributed by atoms with van der Waals surface area (Å²) in [5.74, 6) is -0.618. The molecule has 0 N–H and O–H groups in total. The molecule has 0 aliphatic heterocycles. The van der Waals surface area contributed by atoms with Gasteiger partial charge < -0.3 is 5.21 Å². The lowest BCUT2D eigenvalue weighted by Gasteiger charge is -2.02. The van der Waals surface area contributed by atoms with Gasteiger partial charge in [0.2, 0.25) is 5.69 Å². The van der Waals surface area contributed by atoms with Crippen LogP contribution in [-0.2, 0) is 0 Å². The van der Waals surface area contributed by atoms with E-state index in [0.29, 0.717) is 16.0 Å². The number of ketones is 1. The molecule has 0 aliphatic rings. The molecule has 19 heavy (non-hydrogen) atoms. The van der Waals surface area contributed by atoms with E-state index in [9.17, 15) is 14.4 Å². The van der Waals surface area contributed by atoms with Crippen molar-refractivity contribution in [3.05, 3.63) is 71.2 Å². The average molecular weight is 257 g/mol. The number of hydrogen-bond donors (Lipinski definition) is 0. The molecule has 2 aromatic carbocycles. The number of para-hydroxylation sites is 1. The maximum atomic E-state index is 12.7. The van der Waals surface area contributed by atoms with Crippen molar-refractivity contribution in [3.8, 4) is 0 Å². The maximum absolute atomic E-state index is 12.7. The van der Waals surface area contributed by atoms with Crippen molar-refractivity contribution >= 4 is 17.7 Å². The van der Waals surface area contributed by atoms with E-state index in [4.69, 9.17) is 0 Å². The standard InChI is InChI=1S/C15H12FNO2/c16-13-8-6-12(7-9-13)15(18)10-11-17(19)14-4-2-1-3-5-14/h1-9,11H,10H2/b17-11-. The van der Waals surface area contributed by atoms with Gasteiger partial charge in [-0.3, -0.25) is 4.79 Å². The highest BCUT2D eigenvalue weighted by Gasteiger charge is 2.07. The van der Waals surface area contributed by atoms with Crippen molar-refractivity contribution in [2.75, 3.05) is 0 Å². The van der Waals surface area contributed by atoms with Gasteiger partial charge in [0.15, 0.2) is 12.0 Å². The van der Waals surface area contributed by atoms with E-state index in [0.717, 1.165) is 0 Å². The summed E-state index contributed by atoms with van der Waals surface area (Å²) in [6.07, 6.45) is 1.24. The van der Waals surface area contributed by atoms with E-state index >= 15 is 0 Å². The molecular formula is C15H12FNO2. The van der Waals surface area contributed by atoms with E-state index in [1.54, 1.807) is 30.3 Å². The van der Waals surface area contributed by atoms with Crippen molar-refractivity contribution in [1.82, 2.24) is 0 Å². The second-order valence-corrected chi connectivity index (χ2v) is 3.98. The van der Waals surface area contributed by atoms with Gasteiger partial charge >= 0.3 is 0 Å². The van der Waals surface area contributed by atoms with Crippen LogP contribution in [0.15, 0.2) is 54.6 Å². The smallest absolute Gasteiger partial charge is 0.216 e. The Morgan fingerprint density at radius 2 is 1.74 bits per heavy atom. The Labute approximate surface area is 110 Å². The average Bonchev–Trinajstić information content (AvgIpc) is 2.46. The molecule has 2 rings (SSSR count). The molecule has 0 bridgehead atoms. The molecule has 2 aromatic rings. The van der Waals surface area contributed by atoms with Gasteiger partial charge in [-0.15, -0.1) is 0 Å². The van der Waals surface area contributed by atoms with Crippen LogP contribution in [-0.4, -0.2) is 16.7 Å². The molecule has 0 fully saturated rings. The number of rotatable bonds is 4. The Hall–Kier alpha value is -2.49. The van der Waals surface area contributed by atoms with Crippen molar-refractivity contribution in [1.29, 1.82) is 0 Å². The van der Waals surface area contributed by atoms with E-state index < -0.39 is 5.82 Å². The molecule has 0 atom stereocenters. The van der Waals surface area contributed by atoms with Gasteiger partial charge in [0.25, 0.3) is 0 Å². The van der Waals surface area contributed by atoms with Crippen molar-refractivity contribution < 1.29 is 13.9 Å². The van der Waals surface area contributed by atoms with Crippen molar-refractivity contribution in [3.63, 3.8) is 0 Å². The van der Waals surface area contributed by atoms with Crippen LogP contribution in [0.2, 0.25) is 0 Å². The molecule has 0 heterocycles. The minimum Gasteiger partial charge on any atom is -0.619 e. The van der Waals surface area contributed by atoms with Gasteiger partial charge in [-0.2, -0.15) is 4.74 Å². The highest BCUT2D eigenvalue weighted by molar-refractivity contribution is 6.02. The summed E-state index contributed by atoms with van der Waals surface area (Å²) in [5, 5.41) is 11.7. The topological polar surface area (TPSA) is 43.1 Å². The lowest BCUT2D eigenvalue weighted by Crippen LogP contribution is -2.05. The summed E-state index contributed by atoms with van der Waals surface area (Å²) in [7, 11) is 0. The van der Waals surface area contributed by atoms with E-state index in [1.165, 1.54) is 30.5 Å². The second-order valence-electron chi connectivity index (χ2n) is 3.98. The van der Waals surface area contributed by atoms with E-state index in [1.807, 2.05) is 0 Å². The summed E-state index contributed by atoms with van der Waals surface area (Å²) in [6.45, 7) is 0. The SMILES string of the molecule is O=C(C/C=[N+](\[O-])c1ccccc1)c1ccc(F)cc1. The zero-order chi connectivity index (χ0) is 13.7. The fourth-order valence-corrected chi connectivity index (χ4v) is 1.60. The number of Topliss-reactive ketones (excluding diaryl/α,β-unsaturated/α-hetero) is 1. The van der Waals surface area contributed by atoms with Crippen molar-refractivity contribution in [2.45, 2.75) is 6.42 Å². The number of carbonyl (C=O) groups is 1. The first kappa shape index (κ1) is 13.0. The summed E-state index contributed by atoms with van der Waals surface area (Å²) in [6, 6.07) is 13.9. The van der Waals surface area contributed by atoms with E-state index in [2.05, 4.69) is 0 Å². The van der Waals surface area contributed by atoms with Crippen LogP contribution in [0, 0.1) is 11.0 Å². The fraction of sp³-hybridized carbons (Fsp3) is 0.0667. The molecule has 0 radical (unpaired) electrons. The third-order valence-electron chi connectivity index (χ3n) is 2.62. The molecule has 96 valence electrons. The molecule has 0 spiro atoms. The molecule has 0 aromatic heterocycles. The normalized spacial score (nSPS) is 11.3. The predicted octanol–water partition coefficient (Wildman–Crippen LogP) is 3.31. The number of hydrogen-bond acceptors (Lipinski definition) is 2. The fourth-order valence-electron chi connectivity index (χ4n) is 1.60. The Bertz CT molecular complexity index is 591. The first-order valence-corrected chi connectivity index (χ1v) is 5.80. The van der Waals surface area contributed by atoms with Crippen LogP contribution >= 0.6 is 0 Å². The first-order valence-electron chi connectivity index (χ1n) is 5.80. The Morgan fingerprint density at radius 1 is 1.11 bits per heavy atom. The van der Waals surface area contributed by atoms with Gasteiger partial charge in [-0.1, -0.05) is 18.2 Å². The molecule has 4 heteroatoms. The second kappa shape index (κ2) is 5.91. The number of halogens is 1. The van der Waals surface area contributed by atoms with Gasteiger partial charge in [-0.25, -0.2) is 4.39 Å². The summed E-state index contributed by atoms with van der Waals surface area (Å²) in [4.78, 5) is 11.8. The largest absolute Gasteiger partial charge is 0.619 e. The third kappa shape index (κ3) is 3.48. The van der Waals surface area contributed by atoms with Gasteiger partial charge in [0.1, 0.15) is 5.82 Å². The van der Waals surface area contributed by atoms with Crippen LogP contribution in [0.5, 0.6) is 0 Å². The van der Waals surface area contributed by atoms with Gasteiger partial charge in [0, 0.05) is 17.7 Å². The summed E-state index contributed by atoms with van der Waals surface area (Å²) < 4.78 is 13.4. The van der Waals surface area contributed by atoms with Crippen LogP contribution in [0.25, 0.3) is 0 Å². The zero-order valence-electron chi connectivity index (χ0n) is 10.1. The molecule has 0 unspecified atom stereocenters. The van der Waals surface area contributed by atoms with Gasteiger partial charge in [-0.05, 0) is 24.3 Å². The Morgan fingerprint density at radius 3 is 2.37 bits per heavy atom. The monoisotopic (exact) mass is 257 g/mol. The third-order valence-corrected chi connectivity index (χ3v) is 2.62. The number of carbonyl (C=O) groups excluding carboxylic acids is 1. The van der Waals surface area contributed by atoms with Crippen LogP contribution in [0.3, 0.4) is 0 Å². The minimum absolute atomic E-state index is 0.0238. The van der Waals surface area contributed by atoms with Crippen LogP contribution in [0.1, 0.15) is 16.8 Å². The maximum Gasteiger partial charge on any atom is 0.216 e. The van der Waals surface area contributed by atoms with Crippen molar-refractivity contribution in [2.24, 2.45) is 0 Å². The number of benzene rings is 2. The first-order chi connectivity index (χ1) is 9.16. The highest BCUT2D eigenvalue weighted by atomic mass is 19.1. The molecule has 0 amide bonds. The zero-order valence-corrected chi connectivity index (χ0v) is 10.1. The lowest BCUT2D eigenvalue weighted by molar-refractivity contribution is -0.356. The quantitative estimate of drug-likeness (QED) is 0.277. The molecule has 3 nitrogen and oxygen atoms in total. The molecule has 0 saturated carbocycles. The molecular weight excluding hydrogens is 245 g/mol. The Balaban J connectivity index is 2.06. The van der Waals surface area contributed by atoms with Crippen LogP contribution in [0.4, 0.5) is 10.1 Å². The highest BCUT2D eigenvalue weighted by Crippen LogP contribution is 2.09. The molecule has 0 aliphatic carbocycles. The van der Waals surface area contributed by atoms with E-state index in [-0.39, 0.29) is 12.2 Å². The predicted molar refractivity (Wildman–Crippen MR) is 71.1 cm³/mol. The lowest BCUT2D eigenvalue weighted by atomic mass is 10.1.